The van der Waals surface area contributed by atoms with Gasteiger partial charge in [0.1, 0.15) is 5.58 Å². The first-order valence-electron chi connectivity index (χ1n) is 8.26. The second kappa shape index (κ2) is 6.61. The van der Waals surface area contributed by atoms with Crippen molar-refractivity contribution in [2.75, 3.05) is 4.90 Å². The number of rotatable bonds is 3. The summed E-state index contributed by atoms with van der Waals surface area (Å²) >= 11 is 11.9. The summed E-state index contributed by atoms with van der Waals surface area (Å²) in [5.74, 6) is 0. The largest absolute Gasteiger partial charge is 0.464 e. The summed E-state index contributed by atoms with van der Waals surface area (Å²) in [6, 6.07) is 8.46. The van der Waals surface area contributed by atoms with Crippen LogP contribution in [0.5, 0.6) is 0 Å². The number of furan rings is 1. The minimum absolute atomic E-state index is 0.0661. The third kappa shape index (κ3) is 2.97. The molecule has 2 heterocycles. The highest BCUT2D eigenvalue weighted by molar-refractivity contribution is 7.89. The van der Waals surface area contributed by atoms with E-state index >= 15 is 0 Å². The molecule has 2 N–H and O–H groups in total. The lowest BCUT2D eigenvalue weighted by atomic mass is 10.2. The van der Waals surface area contributed by atoms with Crippen LogP contribution in [0.3, 0.4) is 0 Å². The van der Waals surface area contributed by atoms with E-state index in [2.05, 4.69) is 0 Å². The van der Waals surface area contributed by atoms with Crippen LogP contribution in [0, 0.1) is 0 Å². The Kier molecular flexibility index (Phi) is 4.56. The molecule has 2 atom stereocenters. The van der Waals surface area contributed by atoms with Crippen molar-refractivity contribution in [2.45, 2.75) is 23.8 Å². The van der Waals surface area contributed by atoms with E-state index in [0.717, 1.165) is 11.8 Å². The third-order valence-corrected chi connectivity index (χ3v) is 7.15. The van der Waals surface area contributed by atoms with Crippen LogP contribution in [0.15, 0.2) is 58.0 Å². The van der Waals surface area contributed by atoms with E-state index in [4.69, 9.17) is 27.6 Å². The van der Waals surface area contributed by atoms with Gasteiger partial charge in [0, 0.05) is 5.39 Å². The summed E-state index contributed by atoms with van der Waals surface area (Å²) in [6.07, 6.45) is -0.678. The van der Waals surface area contributed by atoms with Crippen LogP contribution in [-0.4, -0.2) is 40.9 Å². The average molecular weight is 457 g/mol. The number of aliphatic hydroxyl groups excluding tert-OH is 1. The zero-order valence-corrected chi connectivity index (χ0v) is 17.1. The molecule has 1 fully saturated rings. The standard InChI is InChI=1S/C18H14Cl2N2O6S/c1-18(25)16(23)22(17(24)21(18)11-2-4-13(19)14(20)9-11)29(26,27)12-3-5-15-10(8-12)6-7-28-15/h2-9,16,23,25H,1H3. The number of halogens is 2. The van der Waals surface area contributed by atoms with Crippen LogP contribution in [-0.2, 0) is 10.0 Å². The zero-order valence-electron chi connectivity index (χ0n) is 14.8. The van der Waals surface area contributed by atoms with Crippen LogP contribution in [0.1, 0.15) is 6.92 Å². The molecule has 3 aromatic rings. The smallest absolute Gasteiger partial charge is 0.343 e. The minimum atomic E-state index is -4.51. The van der Waals surface area contributed by atoms with Crippen LogP contribution in [0.4, 0.5) is 10.5 Å². The first-order valence-corrected chi connectivity index (χ1v) is 10.5. The van der Waals surface area contributed by atoms with E-state index in [1.54, 1.807) is 6.07 Å². The molecule has 2 amide bonds. The molecule has 152 valence electrons. The SMILES string of the molecule is CC1(O)C(O)N(S(=O)(=O)c2ccc3occc3c2)C(=O)N1c1ccc(Cl)c(Cl)c1. The molecular weight excluding hydrogens is 443 g/mol. The van der Waals surface area contributed by atoms with Gasteiger partial charge >= 0.3 is 6.03 Å². The number of carbonyl (C=O) groups excluding carboxylic acids is 1. The lowest BCUT2D eigenvalue weighted by molar-refractivity contribution is -0.0689. The monoisotopic (exact) mass is 456 g/mol. The molecule has 8 nitrogen and oxygen atoms in total. The molecule has 0 saturated carbocycles. The topological polar surface area (TPSA) is 111 Å². The highest BCUT2D eigenvalue weighted by Crippen LogP contribution is 2.39. The number of amides is 2. The second-order valence-corrected chi connectivity index (χ2v) is 9.23. The van der Waals surface area contributed by atoms with Gasteiger partial charge in [-0.25, -0.2) is 13.2 Å². The molecule has 2 unspecified atom stereocenters. The molecule has 0 bridgehead atoms. The maximum Gasteiger partial charge on any atom is 0.343 e. The van der Waals surface area contributed by atoms with Gasteiger partial charge in [0.2, 0.25) is 0 Å². The number of benzene rings is 2. The molecule has 2 aromatic carbocycles. The van der Waals surface area contributed by atoms with Gasteiger partial charge in [0.15, 0.2) is 12.0 Å². The van der Waals surface area contributed by atoms with Crippen molar-refractivity contribution in [3.8, 4) is 0 Å². The number of aliphatic hydroxyl groups is 2. The molecule has 0 radical (unpaired) electrons. The third-order valence-electron chi connectivity index (χ3n) is 4.69. The van der Waals surface area contributed by atoms with Gasteiger partial charge in [0.05, 0.1) is 26.9 Å². The molecule has 11 heteroatoms. The Morgan fingerprint density at radius 3 is 2.52 bits per heavy atom. The van der Waals surface area contributed by atoms with E-state index in [0.29, 0.717) is 11.0 Å². The Morgan fingerprint density at radius 1 is 1.10 bits per heavy atom. The number of hydrogen-bond donors (Lipinski definition) is 2. The molecule has 29 heavy (non-hydrogen) atoms. The number of fused-ring (bicyclic) bond motifs is 1. The van der Waals surface area contributed by atoms with Gasteiger partial charge in [-0.3, -0.25) is 4.90 Å². The molecule has 1 aromatic heterocycles. The molecular formula is C18H14Cl2N2O6S. The molecule has 1 saturated heterocycles. The molecule has 0 spiro atoms. The highest BCUT2D eigenvalue weighted by Gasteiger charge is 2.58. The van der Waals surface area contributed by atoms with Gasteiger partial charge in [-0.05, 0) is 49.4 Å². The van der Waals surface area contributed by atoms with Crippen LogP contribution < -0.4 is 4.90 Å². The fraction of sp³-hybridized carbons (Fsp3) is 0.167. The molecule has 1 aliphatic heterocycles. The summed E-state index contributed by atoms with van der Waals surface area (Å²) in [5.41, 5.74) is -1.74. The van der Waals surface area contributed by atoms with Crippen LogP contribution in [0.25, 0.3) is 11.0 Å². The lowest BCUT2D eigenvalue weighted by Gasteiger charge is -2.30. The number of hydrogen-bond acceptors (Lipinski definition) is 6. The molecule has 1 aliphatic rings. The quantitative estimate of drug-likeness (QED) is 0.624. The maximum absolute atomic E-state index is 13.1. The normalized spacial score (nSPS) is 22.7. The summed E-state index contributed by atoms with van der Waals surface area (Å²) < 4.78 is 31.7. The Hall–Kier alpha value is -2.30. The predicted octanol–water partition coefficient (Wildman–Crippen LogP) is 3.40. The van der Waals surface area contributed by atoms with Crippen molar-refractivity contribution in [2.24, 2.45) is 0 Å². The van der Waals surface area contributed by atoms with Gasteiger partial charge in [0.25, 0.3) is 10.0 Å². The van der Waals surface area contributed by atoms with Gasteiger partial charge in [-0.1, -0.05) is 23.2 Å². The lowest BCUT2D eigenvalue weighted by Crippen LogP contribution is -2.50. The van der Waals surface area contributed by atoms with Gasteiger partial charge in [-0.15, -0.1) is 0 Å². The summed E-state index contributed by atoms with van der Waals surface area (Å²) in [6.45, 7) is 1.12. The number of anilines is 1. The van der Waals surface area contributed by atoms with Crippen molar-refractivity contribution in [3.63, 3.8) is 0 Å². The Labute approximate surface area is 175 Å². The number of nitrogens with zero attached hydrogens (tertiary/aromatic N) is 2. The van der Waals surface area contributed by atoms with Crippen molar-refractivity contribution < 1.29 is 27.8 Å². The summed E-state index contributed by atoms with van der Waals surface area (Å²) in [5, 5.41) is 22.2. The fourth-order valence-corrected chi connectivity index (χ4v) is 4.97. The highest BCUT2D eigenvalue weighted by atomic mass is 35.5. The van der Waals surface area contributed by atoms with Crippen LogP contribution >= 0.6 is 23.2 Å². The second-order valence-electron chi connectivity index (χ2n) is 6.61. The van der Waals surface area contributed by atoms with Crippen molar-refractivity contribution in [1.29, 1.82) is 0 Å². The minimum Gasteiger partial charge on any atom is -0.464 e. The zero-order chi connectivity index (χ0) is 21.1. The van der Waals surface area contributed by atoms with E-state index in [1.807, 2.05) is 0 Å². The van der Waals surface area contributed by atoms with E-state index in [-0.39, 0.29) is 24.9 Å². The Morgan fingerprint density at radius 2 is 1.83 bits per heavy atom. The van der Waals surface area contributed by atoms with Crippen molar-refractivity contribution in [1.82, 2.24) is 4.31 Å². The Balaban J connectivity index is 1.81. The first-order chi connectivity index (χ1) is 13.5. The van der Waals surface area contributed by atoms with Crippen molar-refractivity contribution in [3.05, 3.63) is 58.8 Å². The van der Waals surface area contributed by atoms with Crippen molar-refractivity contribution >= 4 is 55.9 Å². The predicted molar refractivity (Wildman–Crippen MR) is 106 cm³/mol. The van der Waals surface area contributed by atoms with Gasteiger partial charge in [-0.2, -0.15) is 4.31 Å². The van der Waals surface area contributed by atoms with Gasteiger partial charge < -0.3 is 14.6 Å². The average Bonchev–Trinajstić information content (AvgIpc) is 3.18. The fourth-order valence-electron chi connectivity index (χ4n) is 3.18. The molecule has 0 aliphatic carbocycles. The number of urea groups is 1. The first kappa shape index (κ1) is 20.0. The summed E-state index contributed by atoms with van der Waals surface area (Å²) in [7, 11) is -4.51. The maximum atomic E-state index is 13.1. The van der Waals surface area contributed by atoms with E-state index in [9.17, 15) is 23.4 Å². The Bertz CT molecular complexity index is 1240. The van der Waals surface area contributed by atoms with E-state index < -0.39 is 28.0 Å². The number of sulfonamides is 1. The van der Waals surface area contributed by atoms with Crippen LogP contribution in [0.2, 0.25) is 10.0 Å². The van der Waals surface area contributed by atoms with E-state index in [1.165, 1.54) is 42.7 Å². The number of carbonyl (C=O) groups is 1. The summed E-state index contributed by atoms with van der Waals surface area (Å²) in [4.78, 5) is 13.5. The molecule has 4 rings (SSSR count).